The molecule has 130 valence electrons. The Balaban J connectivity index is -0.0000000161. The van der Waals surface area contributed by atoms with Crippen LogP contribution in [0.2, 0.25) is 0 Å². The third-order valence-corrected chi connectivity index (χ3v) is 0. The van der Waals surface area contributed by atoms with Gasteiger partial charge in [-0.2, -0.15) is 0 Å². The molecule has 2 radical (unpaired) electrons. The number of carbonyl (C=O) groups is 5. The molecule has 0 aliphatic heterocycles. The van der Waals surface area contributed by atoms with Crippen LogP contribution in [-0.2, 0) is 34.1 Å². The molecule has 0 saturated carbocycles. The van der Waals surface area contributed by atoms with E-state index in [1.807, 2.05) is 0 Å². The summed E-state index contributed by atoms with van der Waals surface area (Å²) >= 11 is 0. The van der Waals surface area contributed by atoms with Gasteiger partial charge in [-0.25, -0.2) is 0 Å². The van der Waals surface area contributed by atoms with E-state index in [1.165, 1.54) is 0 Å². The van der Waals surface area contributed by atoms with E-state index in [0.717, 1.165) is 0 Å². The first-order valence-electron chi connectivity index (χ1n) is 3.06. The van der Waals surface area contributed by atoms with Gasteiger partial charge in [0.15, 0.2) is 0 Å². The molecule has 0 aliphatic rings. The number of hydrogen-bond acceptors (Lipinski definition) is 15. The van der Waals surface area contributed by atoms with Crippen LogP contribution in [0, 0.1) is 0 Å². The van der Waals surface area contributed by atoms with Crippen LogP contribution >= 0.6 is 0 Å². The smallest absolute Gasteiger partial charge is 0.652 e. The summed E-state index contributed by atoms with van der Waals surface area (Å²) in [4.78, 5) is 41.7. The Morgan fingerprint density at radius 3 is 0.333 bits per heavy atom. The SMILES string of the molecule is O=C([O-])[O-].O=C([O-])[O-].O=C([O-])[O-].O=C([O-])[O-].O=C([O-])[O-].[Ca+2].[Ca+2].[Fe+3].[Fe+3]. The summed E-state index contributed by atoms with van der Waals surface area (Å²) in [6, 6.07) is 0. The van der Waals surface area contributed by atoms with Gasteiger partial charge in [0.25, 0.3) is 0 Å². The predicted octanol–water partition coefficient (Wildman–Crippen LogP) is -13.0. The molecular formula is C5Ca2Fe2O15. The summed E-state index contributed by atoms with van der Waals surface area (Å²) < 4.78 is 0. The van der Waals surface area contributed by atoms with Crippen LogP contribution in [0.15, 0.2) is 0 Å². The second-order valence-corrected chi connectivity index (χ2v) is 1.25. The normalized spacial score (nSPS) is 5.00. The molecule has 0 spiro atoms. The maximum atomic E-state index is 8.33. The van der Waals surface area contributed by atoms with Crippen LogP contribution in [-0.4, -0.2) is 106 Å². The zero-order chi connectivity index (χ0) is 17.9. The fourth-order valence-corrected chi connectivity index (χ4v) is 0. The van der Waals surface area contributed by atoms with Crippen molar-refractivity contribution >= 4 is 106 Å². The molecule has 0 N–H and O–H groups in total. The predicted molar refractivity (Wildman–Crippen MR) is 38.5 cm³/mol. The van der Waals surface area contributed by atoms with E-state index in [9.17, 15) is 0 Å². The number of hydrogen-bond donors (Lipinski definition) is 0. The molecule has 0 aromatic carbocycles. The van der Waals surface area contributed by atoms with Crippen LogP contribution in [0.25, 0.3) is 0 Å². The molecule has 0 amide bonds. The largest absolute Gasteiger partial charge is 3.00 e. The average molecular weight is 492 g/mol. The molecule has 0 aromatic heterocycles. The second-order valence-electron chi connectivity index (χ2n) is 1.25. The molecule has 19 heteroatoms. The minimum absolute atomic E-state index is 0. The molecule has 0 atom stereocenters. The second kappa shape index (κ2) is 49.5. The van der Waals surface area contributed by atoms with E-state index >= 15 is 0 Å². The summed E-state index contributed by atoms with van der Waals surface area (Å²) in [5.74, 6) is 0. The van der Waals surface area contributed by atoms with Crippen LogP contribution in [0.1, 0.15) is 0 Å². The first-order chi connectivity index (χ1) is 8.66. The minimum Gasteiger partial charge on any atom is -0.652 e. The van der Waals surface area contributed by atoms with Crippen molar-refractivity contribution in [2.75, 3.05) is 0 Å². The van der Waals surface area contributed by atoms with Gasteiger partial charge >= 0.3 is 110 Å². The molecule has 24 heavy (non-hydrogen) atoms. The van der Waals surface area contributed by atoms with E-state index in [1.54, 1.807) is 0 Å². The van der Waals surface area contributed by atoms with Crippen molar-refractivity contribution in [1.29, 1.82) is 0 Å². The quantitative estimate of drug-likeness (QED) is 0.283. The molecule has 0 bridgehead atoms. The van der Waals surface area contributed by atoms with Crippen molar-refractivity contribution in [2.45, 2.75) is 0 Å². The van der Waals surface area contributed by atoms with E-state index in [4.69, 9.17) is 75.0 Å². The van der Waals surface area contributed by atoms with Gasteiger partial charge in [0.2, 0.25) is 0 Å². The molecule has 0 aliphatic carbocycles. The zero-order valence-electron chi connectivity index (χ0n) is 10.7. The van der Waals surface area contributed by atoms with Gasteiger partial charge < -0.3 is 75.0 Å². The Morgan fingerprint density at radius 1 is 0.333 bits per heavy atom. The van der Waals surface area contributed by atoms with Gasteiger partial charge in [-0.15, -0.1) is 0 Å². The van der Waals surface area contributed by atoms with Gasteiger partial charge in [-0.3, -0.25) is 0 Å². The van der Waals surface area contributed by atoms with Crippen molar-refractivity contribution in [3.63, 3.8) is 0 Å². The van der Waals surface area contributed by atoms with Gasteiger partial charge in [0.1, 0.15) is 0 Å². The fraction of sp³-hybridized carbons (Fsp3) is 0. The molecule has 0 fully saturated rings. The maximum Gasteiger partial charge on any atom is 3.00 e. The molecule has 0 rings (SSSR count). The number of rotatable bonds is 0. The molecular weight excluding hydrogens is 492 g/mol. The maximum absolute atomic E-state index is 8.33. The van der Waals surface area contributed by atoms with Crippen LogP contribution in [0.3, 0.4) is 0 Å². The van der Waals surface area contributed by atoms with Gasteiger partial charge in [-0.05, 0) is 30.8 Å². The van der Waals surface area contributed by atoms with Crippen molar-refractivity contribution in [2.24, 2.45) is 0 Å². The van der Waals surface area contributed by atoms with Gasteiger partial charge in [0.05, 0.1) is 0 Å². The Hall–Kier alpha value is -0.0916. The van der Waals surface area contributed by atoms with E-state index in [-0.39, 0.29) is 110 Å². The Kier molecular flexibility index (Phi) is 116. The van der Waals surface area contributed by atoms with Crippen molar-refractivity contribution in [3.8, 4) is 0 Å². The third-order valence-electron chi connectivity index (χ3n) is 0. The van der Waals surface area contributed by atoms with Gasteiger partial charge in [-0.1, -0.05) is 0 Å². The number of carbonyl (C=O) groups excluding carboxylic acids is 5. The standard InChI is InChI=1S/5CH2O3.2Ca.2Fe/c5*2-1(3)4;;;;/h5*(H2,2,3,4);;;;/q;;;;;2*+2;2*+3/p-10. The van der Waals surface area contributed by atoms with Crippen molar-refractivity contribution in [1.82, 2.24) is 0 Å². The fourth-order valence-electron chi connectivity index (χ4n) is 0. The Morgan fingerprint density at radius 2 is 0.333 bits per heavy atom. The van der Waals surface area contributed by atoms with Crippen molar-refractivity contribution in [3.05, 3.63) is 0 Å². The van der Waals surface area contributed by atoms with Gasteiger partial charge in [0, 0.05) is 0 Å². The first kappa shape index (κ1) is 56.5. The summed E-state index contributed by atoms with van der Waals surface area (Å²) in [6.07, 6.45) is -11.7. The first-order valence-corrected chi connectivity index (χ1v) is 3.06. The molecule has 0 heterocycles. The zero-order valence-corrected chi connectivity index (χ0v) is 17.4. The monoisotopic (exact) mass is 492 g/mol. The van der Waals surface area contributed by atoms with Crippen LogP contribution in [0.5, 0.6) is 0 Å². The molecule has 0 unspecified atom stereocenters. The summed E-state index contributed by atoms with van der Waals surface area (Å²) in [5.41, 5.74) is 0. The Labute approximate surface area is 212 Å². The average Bonchev–Trinajstić information content (AvgIpc) is 1.94. The summed E-state index contributed by atoms with van der Waals surface area (Å²) in [5, 5.41) is 83.3. The Bertz CT molecular complexity index is 221. The van der Waals surface area contributed by atoms with E-state index in [0.29, 0.717) is 0 Å². The summed E-state index contributed by atoms with van der Waals surface area (Å²) in [7, 11) is 0. The van der Waals surface area contributed by atoms with Crippen LogP contribution in [0.4, 0.5) is 24.0 Å². The molecule has 0 saturated heterocycles. The van der Waals surface area contributed by atoms with E-state index in [2.05, 4.69) is 0 Å². The molecule has 15 nitrogen and oxygen atoms in total. The minimum atomic E-state index is -2.33. The van der Waals surface area contributed by atoms with Crippen molar-refractivity contribution < 1.29 is 109 Å². The third kappa shape index (κ3) is 1140000. The number of carboxylic acid groups (broad SMARTS) is 10. The van der Waals surface area contributed by atoms with Crippen LogP contribution < -0.4 is 51.1 Å². The van der Waals surface area contributed by atoms with E-state index < -0.39 is 30.8 Å². The summed E-state index contributed by atoms with van der Waals surface area (Å²) in [6.45, 7) is 0. The molecule has 0 aromatic rings. The topological polar surface area (TPSA) is 316 Å².